The molecule has 2 N–H and O–H groups in total. The van der Waals surface area contributed by atoms with Gasteiger partial charge in [0.25, 0.3) is 5.91 Å². The molecule has 0 spiro atoms. The van der Waals surface area contributed by atoms with E-state index in [4.69, 9.17) is 13.9 Å². The topological polar surface area (TPSA) is 80.9 Å². The third-order valence-corrected chi connectivity index (χ3v) is 4.65. The largest absolute Gasteiger partial charge is 0.493 e. The van der Waals surface area contributed by atoms with Crippen molar-refractivity contribution in [2.75, 3.05) is 20.3 Å². The predicted molar refractivity (Wildman–Crippen MR) is 95.6 cm³/mol. The van der Waals surface area contributed by atoms with Crippen molar-refractivity contribution in [1.29, 1.82) is 0 Å². The summed E-state index contributed by atoms with van der Waals surface area (Å²) in [5.74, 6) is 0.997. The number of ether oxygens (including phenoxy) is 2. The summed E-state index contributed by atoms with van der Waals surface area (Å²) in [6.07, 6.45) is 0.401. The predicted octanol–water partition coefficient (Wildman–Crippen LogP) is 2.84. The van der Waals surface area contributed by atoms with Gasteiger partial charge in [-0.1, -0.05) is 30.3 Å². The van der Waals surface area contributed by atoms with E-state index >= 15 is 0 Å². The lowest BCUT2D eigenvalue weighted by molar-refractivity contribution is -0.00179. The average molecular weight is 353 g/mol. The van der Waals surface area contributed by atoms with Crippen LogP contribution in [-0.2, 0) is 5.60 Å². The van der Waals surface area contributed by atoms with Crippen molar-refractivity contribution < 1.29 is 23.8 Å². The van der Waals surface area contributed by atoms with Gasteiger partial charge in [0, 0.05) is 17.4 Å². The maximum Gasteiger partial charge on any atom is 0.287 e. The van der Waals surface area contributed by atoms with Gasteiger partial charge in [-0.15, -0.1) is 0 Å². The van der Waals surface area contributed by atoms with Crippen LogP contribution in [-0.4, -0.2) is 31.3 Å². The standard InChI is InChI=1S/C20H19NO5/c1-24-16-8-4-5-13-11-17(26-18(13)16)19(22)21-12-20(23)9-10-25-15-7-3-2-6-14(15)20/h2-8,11,23H,9-10,12H2,1H3,(H,21,22)/t20-/m0/s1. The summed E-state index contributed by atoms with van der Waals surface area (Å²) >= 11 is 0. The van der Waals surface area contributed by atoms with Gasteiger partial charge in [-0.2, -0.15) is 0 Å². The highest BCUT2D eigenvalue weighted by atomic mass is 16.5. The van der Waals surface area contributed by atoms with Gasteiger partial charge >= 0.3 is 0 Å². The van der Waals surface area contributed by atoms with Crippen molar-refractivity contribution in [3.05, 3.63) is 59.9 Å². The summed E-state index contributed by atoms with van der Waals surface area (Å²) < 4.78 is 16.5. The molecule has 3 aromatic rings. The molecule has 2 heterocycles. The molecule has 0 bridgehead atoms. The average Bonchev–Trinajstić information content (AvgIpc) is 3.11. The lowest BCUT2D eigenvalue weighted by Gasteiger charge is -2.34. The Bertz CT molecular complexity index is 964. The summed E-state index contributed by atoms with van der Waals surface area (Å²) in [4.78, 5) is 12.5. The van der Waals surface area contributed by atoms with E-state index in [0.29, 0.717) is 35.7 Å². The molecule has 1 aliphatic heterocycles. The molecule has 1 atom stereocenters. The van der Waals surface area contributed by atoms with Gasteiger partial charge in [-0.3, -0.25) is 4.79 Å². The van der Waals surface area contributed by atoms with Gasteiger partial charge in [0.05, 0.1) is 20.3 Å². The summed E-state index contributed by atoms with van der Waals surface area (Å²) in [7, 11) is 1.55. The molecule has 26 heavy (non-hydrogen) atoms. The zero-order valence-electron chi connectivity index (χ0n) is 14.3. The minimum atomic E-state index is -1.17. The van der Waals surface area contributed by atoms with E-state index in [1.807, 2.05) is 36.4 Å². The molecule has 134 valence electrons. The van der Waals surface area contributed by atoms with Crippen LogP contribution in [0.4, 0.5) is 0 Å². The van der Waals surface area contributed by atoms with Crippen LogP contribution in [0.3, 0.4) is 0 Å². The third kappa shape index (κ3) is 2.78. The number of aliphatic hydroxyl groups is 1. The van der Waals surface area contributed by atoms with Crippen LogP contribution < -0.4 is 14.8 Å². The Balaban J connectivity index is 1.55. The maximum absolute atomic E-state index is 12.5. The summed E-state index contributed by atoms with van der Waals surface area (Å²) in [5.41, 5.74) is 0.0295. The van der Waals surface area contributed by atoms with Crippen molar-refractivity contribution in [3.8, 4) is 11.5 Å². The molecule has 0 aliphatic carbocycles. The number of hydrogen-bond acceptors (Lipinski definition) is 5. The van der Waals surface area contributed by atoms with E-state index in [1.54, 1.807) is 19.2 Å². The molecule has 4 rings (SSSR count). The fraction of sp³-hybridized carbons (Fsp3) is 0.250. The quantitative estimate of drug-likeness (QED) is 0.754. The third-order valence-electron chi connectivity index (χ3n) is 4.65. The molecule has 0 fully saturated rings. The number of furan rings is 1. The van der Waals surface area contributed by atoms with Crippen molar-refractivity contribution in [1.82, 2.24) is 5.32 Å². The first-order valence-corrected chi connectivity index (χ1v) is 8.40. The molecule has 0 saturated carbocycles. The number of rotatable bonds is 4. The highest BCUT2D eigenvalue weighted by Gasteiger charge is 2.36. The monoisotopic (exact) mass is 353 g/mol. The van der Waals surface area contributed by atoms with Gasteiger partial charge in [-0.05, 0) is 18.2 Å². The first-order chi connectivity index (χ1) is 12.6. The fourth-order valence-corrected chi connectivity index (χ4v) is 3.25. The molecular formula is C20H19NO5. The number of benzene rings is 2. The highest BCUT2D eigenvalue weighted by molar-refractivity contribution is 5.97. The van der Waals surface area contributed by atoms with E-state index in [9.17, 15) is 9.90 Å². The Morgan fingerprint density at radius 1 is 1.27 bits per heavy atom. The van der Waals surface area contributed by atoms with Crippen molar-refractivity contribution in [3.63, 3.8) is 0 Å². The van der Waals surface area contributed by atoms with E-state index in [-0.39, 0.29) is 18.2 Å². The number of nitrogens with one attached hydrogen (secondary N) is 1. The molecule has 0 unspecified atom stereocenters. The number of methoxy groups -OCH3 is 1. The first-order valence-electron chi connectivity index (χ1n) is 8.40. The van der Waals surface area contributed by atoms with E-state index in [2.05, 4.69) is 5.32 Å². The van der Waals surface area contributed by atoms with Crippen molar-refractivity contribution in [2.45, 2.75) is 12.0 Å². The van der Waals surface area contributed by atoms with Gasteiger partial charge in [0.15, 0.2) is 17.1 Å². The Morgan fingerprint density at radius 2 is 2.12 bits per heavy atom. The number of carbonyl (C=O) groups is 1. The maximum atomic E-state index is 12.5. The normalized spacial score (nSPS) is 18.8. The Hall–Kier alpha value is -2.99. The van der Waals surface area contributed by atoms with E-state index in [1.165, 1.54) is 0 Å². The summed E-state index contributed by atoms with van der Waals surface area (Å²) in [6, 6.07) is 14.4. The Labute approximate surface area is 150 Å². The summed E-state index contributed by atoms with van der Waals surface area (Å²) in [5, 5.41) is 14.5. The Kier molecular flexibility index (Phi) is 4.05. The minimum Gasteiger partial charge on any atom is -0.493 e. The van der Waals surface area contributed by atoms with E-state index < -0.39 is 5.60 Å². The Morgan fingerprint density at radius 3 is 2.96 bits per heavy atom. The smallest absolute Gasteiger partial charge is 0.287 e. The van der Waals surface area contributed by atoms with E-state index in [0.717, 1.165) is 5.39 Å². The minimum absolute atomic E-state index is 0.0698. The van der Waals surface area contributed by atoms with Crippen LogP contribution in [0, 0.1) is 0 Å². The molecule has 0 saturated heterocycles. The van der Waals surface area contributed by atoms with Crippen LogP contribution >= 0.6 is 0 Å². The second kappa shape index (κ2) is 6.38. The molecule has 1 aromatic heterocycles. The SMILES string of the molecule is COc1cccc2cc(C(=O)NC[C@@]3(O)CCOc4ccccc43)oc12. The molecule has 6 nitrogen and oxygen atoms in total. The van der Waals surface area contributed by atoms with Gasteiger partial charge in [-0.25, -0.2) is 0 Å². The molecule has 6 heteroatoms. The molecule has 2 aromatic carbocycles. The van der Waals surface area contributed by atoms with Crippen LogP contribution in [0.5, 0.6) is 11.5 Å². The van der Waals surface area contributed by atoms with Crippen LogP contribution in [0.2, 0.25) is 0 Å². The van der Waals surface area contributed by atoms with Gasteiger partial charge in [0.2, 0.25) is 0 Å². The van der Waals surface area contributed by atoms with Gasteiger partial charge in [0.1, 0.15) is 11.4 Å². The lowest BCUT2D eigenvalue weighted by atomic mass is 9.88. The zero-order valence-corrected chi connectivity index (χ0v) is 14.3. The van der Waals surface area contributed by atoms with Crippen molar-refractivity contribution in [2.24, 2.45) is 0 Å². The van der Waals surface area contributed by atoms with Crippen molar-refractivity contribution >= 4 is 16.9 Å². The molecular weight excluding hydrogens is 334 g/mol. The lowest BCUT2D eigenvalue weighted by Crippen LogP contribution is -2.43. The van der Waals surface area contributed by atoms with Crippen LogP contribution in [0.25, 0.3) is 11.0 Å². The molecule has 1 amide bonds. The summed E-state index contributed by atoms with van der Waals surface area (Å²) in [6.45, 7) is 0.464. The molecule has 1 aliphatic rings. The first kappa shape index (κ1) is 16.5. The fourth-order valence-electron chi connectivity index (χ4n) is 3.25. The second-order valence-electron chi connectivity index (χ2n) is 6.30. The molecule has 0 radical (unpaired) electrons. The number of fused-ring (bicyclic) bond motifs is 2. The zero-order chi connectivity index (χ0) is 18.1. The second-order valence-corrected chi connectivity index (χ2v) is 6.30. The number of carbonyl (C=O) groups excluding carboxylic acids is 1. The number of amides is 1. The number of hydrogen-bond donors (Lipinski definition) is 2. The van der Waals surface area contributed by atoms with Crippen LogP contribution in [0.1, 0.15) is 22.5 Å². The van der Waals surface area contributed by atoms with Crippen LogP contribution in [0.15, 0.2) is 52.9 Å². The highest BCUT2D eigenvalue weighted by Crippen LogP contribution is 2.36. The number of para-hydroxylation sites is 2. The van der Waals surface area contributed by atoms with Gasteiger partial charge < -0.3 is 24.3 Å².